The van der Waals surface area contributed by atoms with Gasteiger partial charge in [0.15, 0.2) is 0 Å². The third-order valence-electron chi connectivity index (χ3n) is 5.85. The molecule has 0 amide bonds. The maximum atomic E-state index is 11.6. The smallest absolute Gasteiger partial charge is 1.00 e. The predicted octanol–water partition coefficient (Wildman–Crippen LogP) is -4.59. The van der Waals surface area contributed by atoms with Crippen molar-refractivity contribution in [1.82, 2.24) is 10.2 Å². The number of carbonyl (C=O) groups excluding carboxylic acids is 3. The monoisotopic (exact) mass is 582 g/mol. The van der Waals surface area contributed by atoms with Crippen LogP contribution in [0.3, 0.4) is 0 Å². The van der Waals surface area contributed by atoms with Crippen LogP contribution in [-0.2, 0) is 33.5 Å². The van der Waals surface area contributed by atoms with Crippen molar-refractivity contribution >= 4 is 18.0 Å². The van der Waals surface area contributed by atoms with Crippen molar-refractivity contribution in [2.24, 2.45) is 5.92 Å². The minimum atomic E-state index is -0.181. The number of methoxy groups -OCH3 is 1. The van der Waals surface area contributed by atoms with Crippen molar-refractivity contribution in [2.45, 2.75) is 64.7 Å². The van der Waals surface area contributed by atoms with Crippen molar-refractivity contribution < 1.29 is 143 Å². The van der Waals surface area contributed by atoms with E-state index in [1.807, 2.05) is 6.92 Å². The molecule has 1 unspecified atom stereocenters. The second kappa shape index (κ2) is 34.0. The molecule has 1 N–H and O–H groups in total. The molecule has 4 fully saturated rings. The Labute approximate surface area is 310 Å². The van der Waals surface area contributed by atoms with E-state index in [4.69, 9.17) is 19.5 Å². The fourth-order valence-electron chi connectivity index (χ4n) is 3.81. The fourth-order valence-corrected chi connectivity index (χ4v) is 3.81. The summed E-state index contributed by atoms with van der Waals surface area (Å²) in [5.41, 5.74) is 0. The quantitative estimate of drug-likeness (QED) is 0.150. The molecule has 2 saturated carbocycles. The summed E-state index contributed by atoms with van der Waals surface area (Å²) in [6.45, 7) is 11.1. The number of morpholine rings is 2. The van der Waals surface area contributed by atoms with E-state index < -0.39 is 0 Å². The van der Waals surface area contributed by atoms with Gasteiger partial charge in [-0.2, -0.15) is 0 Å². The largest absolute Gasteiger partial charge is 1.00 e. The van der Waals surface area contributed by atoms with Gasteiger partial charge in [-0.1, -0.05) is 12.8 Å². The van der Waals surface area contributed by atoms with Crippen LogP contribution in [0.5, 0.6) is 0 Å². The molecular formula is C25H48K2N2O8. The zero-order valence-electron chi connectivity index (χ0n) is 24.8. The van der Waals surface area contributed by atoms with Gasteiger partial charge in [0, 0.05) is 71.6 Å². The van der Waals surface area contributed by atoms with Crippen LogP contribution in [0.2, 0.25) is 0 Å². The number of Topliss-reactive ketones (excluding diaryl/α,β-unsaturated/α-hetero) is 2. The Morgan fingerprint density at radius 2 is 1.49 bits per heavy atom. The molecule has 12 heteroatoms. The molecule has 208 valence electrons. The Bertz CT molecular complexity index is 508. The minimum absolute atomic E-state index is 0. The van der Waals surface area contributed by atoms with E-state index in [1.54, 1.807) is 7.11 Å². The predicted molar refractivity (Wildman–Crippen MR) is 132 cm³/mol. The Kier molecular flexibility index (Phi) is 39.8. The van der Waals surface area contributed by atoms with Crippen LogP contribution in [0.4, 0.5) is 0 Å². The molecule has 4 rings (SSSR count). The first-order valence-corrected chi connectivity index (χ1v) is 12.9. The van der Waals surface area contributed by atoms with Crippen LogP contribution >= 0.6 is 0 Å². The van der Waals surface area contributed by atoms with Gasteiger partial charge >= 0.3 is 103 Å². The topological polar surface area (TPSA) is 126 Å². The second-order valence-corrected chi connectivity index (χ2v) is 8.55. The summed E-state index contributed by atoms with van der Waals surface area (Å²) in [4.78, 5) is 35.7. The van der Waals surface area contributed by atoms with Crippen molar-refractivity contribution in [3.05, 3.63) is 0 Å². The van der Waals surface area contributed by atoms with E-state index in [9.17, 15) is 9.59 Å². The summed E-state index contributed by atoms with van der Waals surface area (Å²) in [5, 5.41) is 11.6. The molecule has 2 heterocycles. The van der Waals surface area contributed by atoms with Crippen molar-refractivity contribution in [1.29, 1.82) is 0 Å². The molecule has 1 atom stereocenters. The van der Waals surface area contributed by atoms with Gasteiger partial charge in [0.05, 0.1) is 26.4 Å². The van der Waals surface area contributed by atoms with Crippen LogP contribution in [0.1, 0.15) is 66.1 Å². The third-order valence-corrected chi connectivity index (χ3v) is 5.85. The summed E-state index contributed by atoms with van der Waals surface area (Å²) < 4.78 is 14.8. The van der Waals surface area contributed by atoms with Crippen molar-refractivity contribution in [3.8, 4) is 0 Å². The third kappa shape index (κ3) is 29.1. The first kappa shape index (κ1) is 43.3. The zero-order valence-corrected chi connectivity index (χ0v) is 30.0. The average molecular weight is 583 g/mol. The first-order valence-electron chi connectivity index (χ1n) is 12.9. The Balaban J connectivity index is -0.000000207. The number of nitrogens with zero attached hydrogens (tertiary/aromatic N) is 1. The summed E-state index contributed by atoms with van der Waals surface area (Å²) in [6, 6.07) is 0. The Morgan fingerprint density at radius 1 is 0.973 bits per heavy atom. The number of ether oxygens (including phenoxy) is 3. The number of hydrogen-bond donors (Lipinski definition) is 1. The van der Waals surface area contributed by atoms with Crippen LogP contribution < -0.4 is 113 Å². The molecular weight excluding hydrogens is 534 g/mol. The number of hydrogen-bond acceptors (Lipinski definition) is 10. The maximum Gasteiger partial charge on any atom is 1.00 e. The van der Waals surface area contributed by atoms with Crippen molar-refractivity contribution in [2.75, 3.05) is 72.9 Å². The van der Waals surface area contributed by atoms with Crippen LogP contribution in [0.15, 0.2) is 0 Å². The molecule has 0 aromatic heterocycles. The number of nitrogens with one attached hydrogen (secondary N) is 1. The van der Waals surface area contributed by atoms with Gasteiger partial charge in [-0.15, -0.1) is 0 Å². The number of carbonyl (C=O) groups is 3. The van der Waals surface area contributed by atoms with E-state index in [1.165, 1.54) is 12.8 Å². The number of ketones is 2. The van der Waals surface area contributed by atoms with Gasteiger partial charge in [-0.25, -0.2) is 0 Å². The molecule has 2 saturated heterocycles. The van der Waals surface area contributed by atoms with Gasteiger partial charge in [0.2, 0.25) is 0 Å². The second-order valence-electron chi connectivity index (χ2n) is 8.55. The molecule has 0 aromatic carbocycles. The molecule has 4 aliphatic rings. The molecule has 2 aliphatic heterocycles. The summed E-state index contributed by atoms with van der Waals surface area (Å²) in [7, 11) is 1.68. The molecule has 37 heavy (non-hydrogen) atoms. The molecule has 0 aromatic rings. The zero-order chi connectivity index (χ0) is 26.0. The minimum Gasteiger partial charge on any atom is -1.00 e. The van der Waals surface area contributed by atoms with Gasteiger partial charge in [0.25, 0.3) is 6.47 Å². The van der Waals surface area contributed by atoms with E-state index in [0.717, 1.165) is 111 Å². The van der Waals surface area contributed by atoms with Gasteiger partial charge in [-0.3, -0.25) is 19.3 Å². The molecule has 10 nitrogen and oxygen atoms in total. The van der Waals surface area contributed by atoms with Gasteiger partial charge < -0.3 is 31.1 Å². The standard InChI is InChI=1S/C11H19NO2.C6H10O.C4H9NO.C3H8O.CH2O3.2K.H/c13-11-4-2-1-3-10(11)9-12-5-7-14-8-6-12;7-6-4-2-1-3-5-6;1-3-6-4-2-5-1;1-3-4-2;2-1-4-3;;;/h10H,1-9H2;1-5H2;5H,1-4H2;3H2,1-2H3;1,3H;;;/q;;;;;2*+1;-1/p-1. The summed E-state index contributed by atoms with van der Waals surface area (Å²) in [5.74, 6) is 1.27. The molecule has 0 radical (unpaired) electrons. The fraction of sp³-hybridized carbons (Fsp3) is 0.880. The first-order chi connectivity index (χ1) is 17.1. The summed E-state index contributed by atoms with van der Waals surface area (Å²) >= 11 is 0. The molecule has 0 spiro atoms. The molecule has 2 aliphatic carbocycles. The van der Waals surface area contributed by atoms with E-state index in [2.05, 4.69) is 19.8 Å². The van der Waals surface area contributed by atoms with E-state index >= 15 is 0 Å². The maximum absolute atomic E-state index is 11.6. The number of rotatable bonds is 4. The molecule has 0 bridgehead atoms. The summed E-state index contributed by atoms with van der Waals surface area (Å²) in [6.07, 6.45) is 9.51. The Hall–Kier alpha value is 1.84. The Morgan fingerprint density at radius 3 is 1.84 bits per heavy atom. The van der Waals surface area contributed by atoms with E-state index in [-0.39, 0.29) is 111 Å². The van der Waals surface area contributed by atoms with Gasteiger partial charge in [0.1, 0.15) is 11.6 Å². The van der Waals surface area contributed by atoms with Crippen LogP contribution in [0.25, 0.3) is 0 Å². The van der Waals surface area contributed by atoms with Crippen LogP contribution in [-0.4, -0.2) is 95.8 Å². The van der Waals surface area contributed by atoms with Gasteiger partial charge in [-0.05, 0) is 32.6 Å². The average Bonchev–Trinajstić information content (AvgIpc) is 2.93. The van der Waals surface area contributed by atoms with Crippen molar-refractivity contribution in [3.63, 3.8) is 0 Å². The normalized spacial score (nSPS) is 21.1. The SMILES string of the molecule is C1COCCN1.CCOC.O=C1CCCCC1.O=C1CCCCC1CN1CCOCC1.O=CO[O-].[H-].[K+].[K+]. The van der Waals surface area contributed by atoms with Crippen LogP contribution in [0, 0.1) is 5.92 Å². The van der Waals surface area contributed by atoms with E-state index in [0.29, 0.717) is 17.5 Å².